The number of hydrogen-bond acceptors (Lipinski definition) is 7. The van der Waals surface area contributed by atoms with Crippen molar-refractivity contribution >= 4 is 11.8 Å². The van der Waals surface area contributed by atoms with Crippen LogP contribution in [0, 0.1) is 40.4 Å². The summed E-state index contributed by atoms with van der Waals surface area (Å²) in [5.41, 5.74) is -0.856. The SMILES string of the molecule is CC(=O)O[C@@H]1C[C@H]2[C@@H]3[C@H](O)C=C4CC=CC(=O)[C@]4(C)[C@H]3CC[C@]2(C)[C@H]1[C@H](C)[C@H]1C[C@]2(C)O[C@]2(C)[C@H](O)O1. The highest BCUT2D eigenvalue weighted by Crippen LogP contribution is 2.68. The monoisotopic (exact) mass is 514 g/mol. The van der Waals surface area contributed by atoms with Gasteiger partial charge in [-0.2, -0.15) is 0 Å². The number of carbonyl (C=O) groups excluding carboxylic acids is 2. The zero-order valence-corrected chi connectivity index (χ0v) is 22.9. The van der Waals surface area contributed by atoms with Crippen LogP contribution in [-0.2, 0) is 23.8 Å². The van der Waals surface area contributed by atoms with E-state index in [2.05, 4.69) is 20.8 Å². The minimum atomic E-state index is -0.999. The number of ketones is 1. The Morgan fingerprint density at radius 3 is 2.59 bits per heavy atom. The Kier molecular flexibility index (Phi) is 5.56. The van der Waals surface area contributed by atoms with Crippen molar-refractivity contribution in [3.8, 4) is 0 Å². The van der Waals surface area contributed by atoms with E-state index >= 15 is 0 Å². The smallest absolute Gasteiger partial charge is 0.302 e. The van der Waals surface area contributed by atoms with Gasteiger partial charge < -0.3 is 24.4 Å². The third-order valence-electron chi connectivity index (χ3n) is 12.0. The third kappa shape index (κ3) is 3.33. The molecule has 2 aliphatic heterocycles. The van der Waals surface area contributed by atoms with Crippen molar-refractivity contribution < 1.29 is 34.0 Å². The van der Waals surface area contributed by atoms with Gasteiger partial charge in [0.1, 0.15) is 17.3 Å². The summed E-state index contributed by atoms with van der Waals surface area (Å²) in [7, 11) is 0. The predicted octanol–water partition coefficient (Wildman–Crippen LogP) is 3.71. The van der Waals surface area contributed by atoms with Gasteiger partial charge in [-0.05, 0) is 81.6 Å². The molecule has 0 unspecified atom stereocenters. The molecule has 13 atom stereocenters. The second-order valence-electron chi connectivity index (χ2n) is 13.6. The van der Waals surface area contributed by atoms with Crippen LogP contribution in [0.1, 0.15) is 73.6 Å². The van der Waals surface area contributed by atoms with Gasteiger partial charge in [-0.3, -0.25) is 9.59 Å². The maximum Gasteiger partial charge on any atom is 0.302 e. The first-order valence-corrected chi connectivity index (χ1v) is 14.1. The van der Waals surface area contributed by atoms with Crippen LogP contribution >= 0.6 is 0 Å². The third-order valence-corrected chi connectivity index (χ3v) is 12.0. The Morgan fingerprint density at radius 2 is 1.92 bits per heavy atom. The zero-order valence-electron chi connectivity index (χ0n) is 22.9. The molecule has 7 heteroatoms. The van der Waals surface area contributed by atoms with E-state index in [1.165, 1.54) is 6.92 Å². The lowest BCUT2D eigenvalue weighted by Gasteiger charge is -2.57. The van der Waals surface area contributed by atoms with Crippen LogP contribution in [0.3, 0.4) is 0 Å². The number of aliphatic hydroxyl groups excluding tert-OH is 2. The number of epoxide rings is 1. The maximum absolute atomic E-state index is 13.3. The summed E-state index contributed by atoms with van der Waals surface area (Å²) in [4.78, 5) is 25.5. The van der Waals surface area contributed by atoms with Crippen molar-refractivity contribution in [2.75, 3.05) is 0 Å². The molecule has 0 aromatic rings. The summed E-state index contributed by atoms with van der Waals surface area (Å²) < 4.78 is 18.1. The van der Waals surface area contributed by atoms with E-state index in [1.807, 2.05) is 26.0 Å². The van der Waals surface area contributed by atoms with Crippen LogP contribution in [0.2, 0.25) is 0 Å². The first-order valence-electron chi connectivity index (χ1n) is 14.1. The lowest BCUT2D eigenvalue weighted by Crippen LogP contribution is -2.57. The average molecular weight is 515 g/mol. The van der Waals surface area contributed by atoms with Crippen LogP contribution in [0.5, 0.6) is 0 Å². The van der Waals surface area contributed by atoms with E-state index in [0.29, 0.717) is 19.3 Å². The van der Waals surface area contributed by atoms with Gasteiger partial charge in [0.05, 0.1) is 17.6 Å². The van der Waals surface area contributed by atoms with Crippen molar-refractivity contribution in [2.24, 2.45) is 40.4 Å². The first kappa shape index (κ1) is 25.7. The molecule has 0 aromatic heterocycles. The van der Waals surface area contributed by atoms with Crippen molar-refractivity contribution in [3.05, 3.63) is 23.8 Å². The molecule has 204 valence electrons. The molecule has 2 N–H and O–H groups in total. The number of esters is 1. The zero-order chi connectivity index (χ0) is 26.7. The molecule has 4 aliphatic carbocycles. The standard InChI is InChI=1S/C30H42O7/c1-15(22-14-28(4)30(6,37-28)26(34)36-22)25-21(35-16(2)31)13-19-24-18(10-11-27(19,25)3)29(5)17(12-20(24)32)8-7-9-23(29)33/h7,9,12,15,18-22,24-26,32,34H,8,10-11,13-14H2,1-6H3/t15-,18+,19+,20-,21-,22-,24-,25+,26-,27+,28+,29+,30-/m1/s1. The Hall–Kier alpha value is -1.54. The van der Waals surface area contributed by atoms with E-state index in [4.69, 9.17) is 14.2 Å². The molecule has 0 radical (unpaired) electrons. The molecule has 0 bridgehead atoms. The molecule has 0 amide bonds. The van der Waals surface area contributed by atoms with Gasteiger partial charge in [-0.25, -0.2) is 0 Å². The molecule has 7 nitrogen and oxygen atoms in total. The number of aliphatic hydroxyl groups is 2. The fourth-order valence-electron chi connectivity index (χ4n) is 9.73. The highest BCUT2D eigenvalue weighted by molar-refractivity contribution is 5.98. The van der Waals surface area contributed by atoms with Crippen LogP contribution in [0.4, 0.5) is 0 Å². The number of hydrogen-bond donors (Lipinski definition) is 2. The first-order chi connectivity index (χ1) is 17.3. The van der Waals surface area contributed by atoms with E-state index in [-0.39, 0.29) is 59.0 Å². The van der Waals surface area contributed by atoms with Crippen molar-refractivity contribution in [2.45, 2.75) is 109 Å². The molecule has 2 saturated carbocycles. The number of carbonyl (C=O) groups is 2. The van der Waals surface area contributed by atoms with Gasteiger partial charge in [0.25, 0.3) is 0 Å². The summed E-state index contributed by atoms with van der Waals surface area (Å²) in [6, 6.07) is 0. The van der Waals surface area contributed by atoms with Gasteiger partial charge in [0.2, 0.25) is 0 Å². The molecular weight excluding hydrogens is 472 g/mol. The summed E-state index contributed by atoms with van der Waals surface area (Å²) in [5.74, 6) is -0.0999. The Morgan fingerprint density at radius 1 is 1.19 bits per heavy atom. The summed E-state index contributed by atoms with van der Waals surface area (Å²) in [6.07, 6.45) is 7.17. The van der Waals surface area contributed by atoms with E-state index in [9.17, 15) is 19.8 Å². The van der Waals surface area contributed by atoms with Crippen molar-refractivity contribution in [3.63, 3.8) is 0 Å². The lowest BCUT2D eigenvalue weighted by molar-refractivity contribution is -0.208. The molecular formula is C30H42O7. The van der Waals surface area contributed by atoms with Gasteiger partial charge in [-0.15, -0.1) is 0 Å². The van der Waals surface area contributed by atoms with Gasteiger partial charge in [0, 0.05) is 19.3 Å². The quantitative estimate of drug-likeness (QED) is 0.336. The molecule has 2 heterocycles. The molecule has 0 aromatic carbocycles. The Bertz CT molecular complexity index is 1080. The van der Waals surface area contributed by atoms with E-state index in [1.54, 1.807) is 6.08 Å². The maximum atomic E-state index is 13.3. The molecule has 6 aliphatic rings. The second-order valence-corrected chi connectivity index (χ2v) is 13.6. The summed E-state index contributed by atoms with van der Waals surface area (Å²) in [6.45, 7) is 11.9. The molecule has 4 fully saturated rings. The van der Waals surface area contributed by atoms with Gasteiger partial charge in [-0.1, -0.05) is 31.6 Å². The molecule has 0 spiro atoms. The molecule has 2 saturated heterocycles. The fraction of sp³-hybridized carbons (Fsp3) is 0.800. The average Bonchev–Trinajstić information content (AvgIpc) is 3.27. The van der Waals surface area contributed by atoms with Crippen LogP contribution in [0.25, 0.3) is 0 Å². The van der Waals surface area contributed by atoms with Crippen molar-refractivity contribution in [1.29, 1.82) is 0 Å². The molecule has 37 heavy (non-hydrogen) atoms. The second kappa shape index (κ2) is 8.00. The van der Waals surface area contributed by atoms with Gasteiger partial charge >= 0.3 is 5.97 Å². The topological polar surface area (TPSA) is 106 Å². The minimum absolute atomic E-state index is 0.00130. The van der Waals surface area contributed by atoms with Crippen LogP contribution in [-0.4, -0.2) is 57.8 Å². The van der Waals surface area contributed by atoms with Crippen LogP contribution < -0.4 is 0 Å². The van der Waals surface area contributed by atoms with Crippen LogP contribution in [0.15, 0.2) is 23.8 Å². The van der Waals surface area contributed by atoms with E-state index < -0.39 is 29.0 Å². The highest BCUT2D eigenvalue weighted by Gasteiger charge is 2.73. The number of rotatable bonds is 3. The number of ether oxygens (including phenoxy) is 3. The fourth-order valence-corrected chi connectivity index (χ4v) is 9.73. The Labute approximate surface area is 219 Å². The normalized spacial score (nSPS) is 54.8. The highest BCUT2D eigenvalue weighted by atomic mass is 16.7. The number of fused-ring (bicyclic) bond motifs is 6. The minimum Gasteiger partial charge on any atom is -0.462 e. The van der Waals surface area contributed by atoms with Gasteiger partial charge in [0.15, 0.2) is 12.1 Å². The molecule has 6 rings (SSSR count). The largest absolute Gasteiger partial charge is 0.462 e. The van der Waals surface area contributed by atoms with E-state index in [0.717, 1.165) is 18.4 Å². The summed E-state index contributed by atoms with van der Waals surface area (Å²) >= 11 is 0. The predicted molar refractivity (Wildman–Crippen MR) is 135 cm³/mol. The Balaban J connectivity index is 1.35. The number of allylic oxidation sites excluding steroid dienone is 3. The van der Waals surface area contributed by atoms with Crippen molar-refractivity contribution in [1.82, 2.24) is 0 Å². The summed E-state index contributed by atoms with van der Waals surface area (Å²) in [5, 5.41) is 22.2. The lowest BCUT2D eigenvalue weighted by atomic mass is 9.46.